The van der Waals surface area contributed by atoms with Gasteiger partial charge in [-0.1, -0.05) is 70.7 Å². The first kappa shape index (κ1) is 36.2. The molecule has 0 N–H and O–H groups in total. The highest BCUT2D eigenvalue weighted by Gasteiger charge is 2.45. The van der Waals surface area contributed by atoms with Crippen molar-refractivity contribution in [3.05, 3.63) is 49.6 Å². The van der Waals surface area contributed by atoms with Crippen molar-refractivity contribution >= 4 is 14.3 Å². The van der Waals surface area contributed by atoms with Crippen LogP contribution in [-0.2, 0) is 28.2 Å². The average Bonchev–Trinajstić information content (AvgIpc) is 3.57. The van der Waals surface area contributed by atoms with Crippen LogP contribution in [0.3, 0.4) is 0 Å². The molecule has 236 valence electrons. The minimum atomic E-state index is -2.06. The van der Waals surface area contributed by atoms with Crippen LogP contribution < -0.4 is 0 Å². The van der Waals surface area contributed by atoms with Crippen molar-refractivity contribution in [2.75, 3.05) is 0 Å². The third-order valence-electron chi connectivity index (χ3n) is 8.69. The zero-order chi connectivity index (χ0) is 31.3. The molecule has 42 heavy (non-hydrogen) atoms. The highest BCUT2D eigenvalue weighted by Crippen LogP contribution is 2.36. The third-order valence-corrected chi connectivity index (χ3v) is 13.3. The van der Waals surface area contributed by atoms with Crippen LogP contribution in [0.1, 0.15) is 80.6 Å². The Morgan fingerprint density at radius 1 is 1.12 bits per heavy atom. The maximum absolute atomic E-state index is 13.2. The summed E-state index contributed by atoms with van der Waals surface area (Å²) in [5.41, 5.74) is 0. The molecule has 6 nitrogen and oxygen atoms in total. The molecule has 0 radical (unpaired) electrons. The summed E-state index contributed by atoms with van der Waals surface area (Å²) in [6, 6.07) is 2.99. The summed E-state index contributed by atoms with van der Waals surface area (Å²) < 4.78 is 32.0. The third kappa shape index (κ3) is 10.3. The normalized spacial score (nSPS) is 27.0. The van der Waals surface area contributed by atoms with Gasteiger partial charge in [0.25, 0.3) is 0 Å². The van der Waals surface area contributed by atoms with Crippen LogP contribution in [0, 0.1) is 24.2 Å². The van der Waals surface area contributed by atoms with E-state index in [1.807, 2.05) is 20.8 Å². The second-order valence-corrected chi connectivity index (χ2v) is 16.9. The largest absolute Gasteiger partial charge is 0.459 e. The number of hydrogen-bond acceptors (Lipinski definition) is 6. The molecule has 0 aromatic carbocycles. The molecule has 2 aliphatic rings. The smallest absolute Gasteiger partial charge is 0.312 e. The zero-order valence-electron chi connectivity index (χ0n) is 27.2. The van der Waals surface area contributed by atoms with Gasteiger partial charge in [0.2, 0.25) is 0 Å². The molecule has 7 heteroatoms. The van der Waals surface area contributed by atoms with Crippen LogP contribution in [0.5, 0.6) is 0 Å². The van der Waals surface area contributed by atoms with Gasteiger partial charge >= 0.3 is 5.97 Å². The van der Waals surface area contributed by atoms with E-state index in [-0.39, 0.29) is 42.4 Å². The summed E-state index contributed by atoms with van der Waals surface area (Å²) in [5.74, 6) is 1.40. The molecule has 2 saturated heterocycles. The van der Waals surface area contributed by atoms with Crippen molar-refractivity contribution in [1.29, 1.82) is 0 Å². The molecule has 0 spiro atoms. The Hall–Kier alpha value is -1.95. The Kier molecular flexibility index (Phi) is 15.0. The SMILES string of the molecule is C#CC[C@@H](C)[C@@H](OC(=O)[C@H](C)/C=C/C=C)[C@H](O[Si](CC)(CC)CC)[C@@H]1CC[C@H](CC/C=C/[C@H]2OC(C)(C)O[C@@H]2C=C)O1. The van der Waals surface area contributed by atoms with Crippen molar-refractivity contribution in [1.82, 2.24) is 0 Å². The lowest BCUT2D eigenvalue weighted by molar-refractivity contribution is -0.168. The standard InChI is InChI=1S/C35H56O6Si/c1-11-17-21-27(8)34(36)38-32(26(7)20-12-2)33(41-42(14-4,15-5)16-6)31-25-24-28(37-31)22-18-19-23-30-29(13-3)39-35(9,10)40-30/h2,11,13,17,19,21,23,26-33H,1,3,14-16,18,20,22,24-25H2,4-10H3/b21-17+,23-19+/t26-,27-,28+,29-,30-,31+,32-,33-/m1/s1. The number of esters is 1. The highest BCUT2D eigenvalue weighted by atomic mass is 28.4. The fourth-order valence-electron chi connectivity index (χ4n) is 5.87. The van der Waals surface area contributed by atoms with Gasteiger partial charge in [-0.3, -0.25) is 4.79 Å². The van der Waals surface area contributed by atoms with Crippen LogP contribution >= 0.6 is 0 Å². The predicted molar refractivity (Wildman–Crippen MR) is 173 cm³/mol. The summed E-state index contributed by atoms with van der Waals surface area (Å²) >= 11 is 0. The molecule has 8 atom stereocenters. The lowest BCUT2D eigenvalue weighted by Crippen LogP contribution is -2.52. The molecular formula is C35H56O6Si. The number of carbonyl (C=O) groups excluding carboxylic acids is 1. The van der Waals surface area contributed by atoms with E-state index in [9.17, 15) is 4.79 Å². The van der Waals surface area contributed by atoms with Gasteiger partial charge in [0.15, 0.2) is 14.1 Å². The van der Waals surface area contributed by atoms with E-state index in [1.54, 1.807) is 24.3 Å². The van der Waals surface area contributed by atoms with Crippen LogP contribution in [0.25, 0.3) is 0 Å². The van der Waals surface area contributed by atoms with E-state index in [1.165, 1.54) is 0 Å². The lowest BCUT2D eigenvalue weighted by Gasteiger charge is -2.41. The number of hydrogen-bond donors (Lipinski definition) is 0. The number of terminal acetylenes is 1. The molecule has 0 amide bonds. The first-order chi connectivity index (χ1) is 20.0. The number of rotatable bonds is 18. The summed E-state index contributed by atoms with van der Waals surface area (Å²) in [6.45, 7) is 22.0. The highest BCUT2D eigenvalue weighted by molar-refractivity contribution is 6.73. The van der Waals surface area contributed by atoms with Gasteiger partial charge in [0.05, 0.1) is 18.1 Å². The minimum absolute atomic E-state index is 0.0712. The van der Waals surface area contributed by atoms with Crippen LogP contribution in [0.2, 0.25) is 18.1 Å². The van der Waals surface area contributed by atoms with E-state index in [0.717, 1.165) is 43.8 Å². The molecule has 0 aliphatic carbocycles. The van der Waals surface area contributed by atoms with E-state index in [2.05, 4.69) is 58.9 Å². The Balaban J connectivity index is 2.21. The van der Waals surface area contributed by atoms with Crippen molar-refractivity contribution in [3.63, 3.8) is 0 Å². The first-order valence-corrected chi connectivity index (χ1v) is 18.4. The number of allylic oxidation sites excluding steroid dienone is 3. The number of carbonyl (C=O) groups is 1. The second-order valence-electron chi connectivity index (χ2n) is 12.2. The molecule has 2 aliphatic heterocycles. The van der Waals surface area contributed by atoms with Crippen LogP contribution in [-0.4, -0.2) is 56.7 Å². The van der Waals surface area contributed by atoms with Crippen LogP contribution in [0.4, 0.5) is 0 Å². The second kappa shape index (κ2) is 17.4. The van der Waals surface area contributed by atoms with Gasteiger partial charge < -0.3 is 23.4 Å². The van der Waals surface area contributed by atoms with Gasteiger partial charge in [-0.05, 0) is 64.6 Å². The van der Waals surface area contributed by atoms with Gasteiger partial charge in [-0.2, -0.15) is 0 Å². The average molecular weight is 601 g/mol. The summed E-state index contributed by atoms with van der Waals surface area (Å²) in [5, 5.41) is 0. The zero-order valence-corrected chi connectivity index (χ0v) is 28.2. The van der Waals surface area contributed by atoms with E-state index in [0.29, 0.717) is 6.42 Å². The maximum Gasteiger partial charge on any atom is 0.312 e. The van der Waals surface area contributed by atoms with E-state index >= 15 is 0 Å². The van der Waals surface area contributed by atoms with E-state index in [4.69, 9.17) is 29.8 Å². The predicted octanol–water partition coefficient (Wildman–Crippen LogP) is 7.92. The Labute approximate surface area is 257 Å². The minimum Gasteiger partial charge on any atom is -0.459 e. The lowest BCUT2D eigenvalue weighted by atomic mass is 9.92. The Morgan fingerprint density at radius 2 is 1.79 bits per heavy atom. The van der Waals surface area contributed by atoms with E-state index < -0.39 is 26.1 Å². The summed E-state index contributed by atoms with van der Waals surface area (Å²) in [6.07, 6.45) is 19.8. The van der Waals surface area contributed by atoms with Gasteiger partial charge in [0.1, 0.15) is 24.4 Å². The number of ether oxygens (including phenoxy) is 4. The fourth-order valence-corrected chi connectivity index (χ4v) is 8.73. The van der Waals surface area contributed by atoms with Crippen LogP contribution in [0.15, 0.2) is 49.6 Å². The summed E-state index contributed by atoms with van der Waals surface area (Å²) in [4.78, 5) is 13.2. The molecular weight excluding hydrogens is 544 g/mol. The Morgan fingerprint density at radius 3 is 2.38 bits per heavy atom. The molecule has 2 rings (SSSR count). The van der Waals surface area contributed by atoms with Crippen molar-refractivity contribution in [2.45, 2.75) is 141 Å². The monoisotopic (exact) mass is 600 g/mol. The molecule has 2 heterocycles. The van der Waals surface area contributed by atoms with Crippen molar-refractivity contribution in [3.8, 4) is 12.3 Å². The molecule has 0 aromatic rings. The quantitative estimate of drug-likeness (QED) is 0.0524. The molecule has 0 unspecified atom stereocenters. The van der Waals surface area contributed by atoms with Gasteiger partial charge in [-0.25, -0.2) is 0 Å². The Bertz CT molecular complexity index is 953. The first-order valence-electron chi connectivity index (χ1n) is 15.9. The molecule has 0 aromatic heterocycles. The summed E-state index contributed by atoms with van der Waals surface area (Å²) in [7, 11) is -2.06. The van der Waals surface area contributed by atoms with Crippen molar-refractivity contribution in [2.24, 2.45) is 11.8 Å². The molecule has 0 bridgehead atoms. The molecule has 0 saturated carbocycles. The van der Waals surface area contributed by atoms with Gasteiger partial charge in [-0.15, -0.1) is 18.9 Å². The molecule has 2 fully saturated rings. The van der Waals surface area contributed by atoms with Crippen molar-refractivity contribution < 1.29 is 28.2 Å². The fraction of sp³-hybridized carbons (Fsp3) is 0.686. The maximum atomic E-state index is 13.2. The topological polar surface area (TPSA) is 63.2 Å². The van der Waals surface area contributed by atoms with Gasteiger partial charge in [0, 0.05) is 12.3 Å².